The number of thioether (sulfide) groups is 1. The van der Waals surface area contributed by atoms with Crippen LogP contribution in [0.2, 0.25) is 0 Å². The third-order valence-electron chi connectivity index (χ3n) is 6.13. The minimum absolute atomic E-state index is 0.00617. The Kier molecular flexibility index (Phi) is 6.02. The van der Waals surface area contributed by atoms with E-state index < -0.39 is 27.7 Å². The summed E-state index contributed by atoms with van der Waals surface area (Å²) in [6, 6.07) is 13.8. The van der Waals surface area contributed by atoms with Gasteiger partial charge in [0.1, 0.15) is 10.9 Å². The lowest BCUT2D eigenvalue weighted by molar-refractivity contribution is -0.123. The number of sulfone groups is 1. The summed E-state index contributed by atoms with van der Waals surface area (Å²) in [6.45, 7) is 1.69. The molecule has 0 spiro atoms. The molecule has 2 aromatic rings. The average Bonchev–Trinajstić information content (AvgIpc) is 3.39. The third-order valence-corrected chi connectivity index (χ3v) is 9.28. The van der Waals surface area contributed by atoms with E-state index in [0.717, 1.165) is 17.3 Å². The molecule has 3 aliphatic heterocycles. The number of aryl methyl sites for hydroxylation is 1. The van der Waals surface area contributed by atoms with Crippen LogP contribution < -0.4 is 10.2 Å². The highest BCUT2D eigenvalue weighted by Crippen LogP contribution is 2.45. The molecule has 0 saturated carbocycles. The van der Waals surface area contributed by atoms with Gasteiger partial charge in [-0.05, 0) is 37.1 Å². The van der Waals surface area contributed by atoms with Gasteiger partial charge in [0.25, 0.3) is 11.8 Å². The molecule has 3 heterocycles. The molecule has 0 radical (unpaired) electrons. The monoisotopic (exact) mass is 527 g/mol. The second kappa shape index (κ2) is 8.89. The zero-order valence-corrected chi connectivity index (χ0v) is 21.1. The Morgan fingerprint density at radius 2 is 1.91 bits per heavy atom. The fraction of sp³-hybridized carbons (Fsp3) is 0.250. The first kappa shape index (κ1) is 23.7. The fourth-order valence-corrected chi connectivity index (χ4v) is 7.72. The molecule has 0 aliphatic carbocycles. The molecule has 3 amide bonds. The lowest BCUT2D eigenvalue weighted by Gasteiger charge is -2.21. The van der Waals surface area contributed by atoms with Gasteiger partial charge in [0, 0.05) is 11.3 Å². The Morgan fingerprint density at radius 3 is 2.63 bits per heavy atom. The van der Waals surface area contributed by atoms with Crippen LogP contribution in [0.4, 0.5) is 11.4 Å². The smallest absolute Gasteiger partial charge is 0.267 e. The quantitative estimate of drug-likeness (QED) is 0.482. The Labute approximate surface area is 212 Å². The van der Waals surface area contributed by atoms with E-state index in [1.54, 1.807) is 30.3 Å². The van der Waals surface area contributed by atoms with Crippen molar-refractivity contribution in [2.75, 3.05) is 28.3 Å². The molecular formula is C24H21N3O5S3. The van der Waals surface area contributed by atoms with Gasteiger partial charge in [-0.3, -0.25) is 24.2 Å². The molecule has 0 unspecified atom stereocenters. The van der Waals surface area contributed by atoms with Crippen molar-refractivity contribution in [3.05, 3.63) is 64.6 Å². The highest BCUT2D eigenvalue weighted by molar-refractivity contribution is 8.26. The number of amides is 3. The summed E-state index contributed by atoms with van der Waals surface area (Å²) >= 11 is 6.41. The number of hydrogen-bond donors (Lipinski definition) is 1. The van der Waals surface area contributed by atoms with Gasteiger partial charge in [0.15, 0.2) is 9.84 Å². The number of hydrogen-bond acceptors (Lipinski definition) is 7. The molecule has 0 bridgehead atoms. The van der Waals surface area contributed by atoms with Crippen molar-refractivity contribution in [3.8, 4) is 0 Å². The molecule has 1 N–H and O–H groups in total. The van der Waals surface area contributed by atoms with Crippen molar-refractivity contribution in [2.45, 2.75) is 19.4 Å². The summed E-state index contributed by atoms with van der Waals surface area (Å²) in [5.74, 6) is -1.44. The minimum Gasteiger partial charge on any atom is -0.325 e. The standard InChI is InChI=1S/C24H21N3O5S3/c1-14-5-4-6-15(11-14)25-19(28)12-26-18-8-3-2-7-17(18)20(22(26)29)21-23(30)27(24(33)34-21)16-9-10-35(31,32)13-16/h2-8,11,16H,9-10,12-13H2,1H3,(H,25,28)/b21-20-/t16-/m1/s1. The van der Waals surface area contributed by atoms with E-state index in [0.29, 0.717) is 23.4 Å². The predicted molar refractivity (Wildman–Crippen MR) is 140 cm³/mol. The number of nitrogens with one attached hydrogen (secondary N) is 1. The van der Waals surface area contributed by atoms with E-state index in [2.05, 4.69) is 5.32 Å². The normalized spacial score (nSPS) is 23.2. The third kappa shape index (κ3) is 4.39. The van der Waals surface area contributed by atoms with Crippen LogP contribution in [-0.2, 0) is 24.2 Å². The van der Waals surface area contributed by atoms with Gasteiger partial charge in [-0.2, -0.15) is 0 Å². The van der Waals surface area contributed by atoms with Gasteiger partial charge in [-0.25, -0.2) is 8.42 Å². The maximum absolute atomic E-state index is 13.5. The Hall–Kier alpha value is -3.02. The molecule has 11 heteroatoms. The van der Waals surface area contributed by atoms with Crippen molar-refractivity contribution >= 4 is 72.8 Å². The van der Waals surface area contributed by atoms with Crippen molar-refractivity contribution < 1.29 is 22.8 Å². The first-order valence-corrected chi connectivity index (χ1v) is 14.0. The van der Waals surface area contributed by atoms with Gasteiger partial charge < -0.3 is 5.32 Å². The largest absolute Gasteiger partial charge is 0.325 e. The van der Waals surface area contributed by atoms with Crippen molar-refractivity contribution in [1.82, 2.24) is 4.90 Å². The van der Waals surface area contributed by atoms with Crippen LogP contribution in [0.5, 0.6) is 0 Å². The van der Waals surface area contributed by atoms with Gasteiger partial charge in [-0.15, -0.1) is 0 Å². The first-order chi connectivity index (χ1) is 16.6. The fourth-order valence-electron chi connectivity index (χ4n) is 4.55. The topological polar surface area (TPSA) is 104 Å². The average molecular weight is 528 g/mol. The SMILES string of the molecule is Cc1cccc(NC(=O)CN2C(=O)/C(=C3\SC(=S)N([C@@H]4CCS(=O)(=O)C4)C3=O)c3ccccc32)c1. The molecule has 2 saturated heterocycles. The molecule has 2 fully saturated rings. The number of carbonyl (C=O) groups is 3. The first-order valence-electron chi connectivity index (χ1n) is 10.9. The van der Waals surface area contributed by atoms with Gasteiger partial charge >= 0.3 is 0 Å². The van der Waals surface area contributed by atoms with Crippen LogP contribution in [0.3, 0.4) is 0 Å². The van der Waals surface area contributed by atoms with E-state index >= 15 is 0 Å². The second-order valence-corrected chi connectivity index (χ2v) is 12.5. The van der Waals surface area contributed by atoms with Crippen molar-refractivity contribution in [2.24, 2.45) is 0 Å². The molecule has 3 aliphatic rings. The number of fused-ring (bicyclic) bond motifs is 1. The van der Waals surface area contributed by atoms with Crippen LogP contribution in [0.15, 0.2) is 53.4 Å². The predicted octanol–water partition coefficient (Wildman–Crippen LogP) is 2.74. The summed E-state index contributed by atoms with van der Waals surface area (Å²) in [7, 11) is -3.23. The summed E-state index contributed by atoms with van der Waals surface area (Å²) in [6.07, 6.45) is 0.313. The highest BCUT2D eigenvalue weighted by atomic mass is 32.2. The molecule has 0 aromatic heterocycles. The number of para-hydroxylation sites is 1. The molecule has 5 rings (SSSR count). The zero-order chi connectivity index (χ0) is 24.9. The number of rotatable bonds is 4. The summed E-state index contributed by atoms with van der Waals surface area (Å²) in [5, 5.41) is 2.81. The second-order valence-electron chi connectivity index (χ2n) is 8.63. The van der Waals surface area contributed by atoms with Crippen LogP contribution in [0, 0.1) is 6.92 Å². The van der Waals surface area contributed by atoms with Gasteiger partial charge in [0.05, 0.1) is 33.7 Å². The molecule has 8 nitrogen and oxygen atoms in total. The Balaban J connectivity index is 1.45. The Bertz CT molecular complexity index is 1430. The van der Waals surface area contributed by atoms with Crippen molar-refractivity contribution in [3.63, 3.8) is 0 Å². The summed E-state index contributed by atoms with van der Waals surface area (Å²) in [4.78, 5) is 42.5. The maximum atomic E-state index is 13.5. The van der Waals surface area contributed by atoms with E-state index in [-0.39, 0.29) is 38.8 Å². The molecule has 1 atom stereocenters. The minimum atomic E-state index is -3.23. The molecule has 35 heavy (non-hydrogen) atoms. The lowest BCUT2D eigenvalue weighted by atomic mass is 10.1. The lowest BCUT2D eigenvalue weighted by Crippen LogP contribution is -2.39. The zero-order valence-electron chi connectivity index (χ0n) is 18.7. The summed E-state index contributed by atoms with van der Waals surface area (Å²) in [5.41, 5.74) is 2.87. The number of nitrogens with zero attached hydrogens (tertiary/aromatic N) is 2. The molecule has 2 aromatic carbocycles. The summed E-state index contributed by atoms with van der Waals surface area (Å²) < 4.78 is 24.2. The van der Waals surface area contributed by atoms with Gasteiger partial charge in [0.2, 0.25) is 5.91 Å². The number of benzene rings is 2. The Morgan fingerprint density at radius 1 is 1.14 bits per heavy atom. The van der Waals surface area contributed by atoms with E-state index in [9.17, 15) is 22.8 Å². The number of anilines is 2. The molecule has 180 valence electrons. The van der Waals surface area contributed by atoms with Crippen LogP contribution in [-0.4, -0.2) is 59.5 Å². The van der Waals surface area contributed by atoms with Crippen LogP contribution >= 0.6 is 24.0 Å². The van der Waals surface area contributed by atoms with E-state index in [1.165, 1.54) is 9.80 Å². The maximum Gasteiger partial charge on any atom is 0.267 e. The molecular weight excluding hydrogens is 506 g/mol. The number of thiocarbonyl (C=S) groups is 1. The number of carbonyl (C=O) groups excluding carboxylic acids is 3. The van der Waals surface area contributed by atoms with E-state index in [4.69, 9.17) is 12.2 Å². The van der Waals surface area contributed by atoms with Crippen LogP contribution in [0.25, 0.3) is 5.57 Å². The van der Waals surface area contributed by atoms with E-state index in [1.807, 2.05) is 25.1 Å². The van der Waals surface area contributed by atoms with Crippen LogP contribution in [0.1, 0.15) is 17.5 Å². The highest BCUT2D eigenvalue weighted by Gasteiger charge is 2.46. The van der Waals surface area contributed by atoms with Crippen molar-refractivity contribution in [1.29, 1.82) is 0 Å². The van der Waals surface area contributed by atoms with Gasteiger partial charge in [-0.1, -0.05) is 54.3 Å².